The van der Waals surface area contributed by atoms with Gasteiger partial charge in [0.1, 0.15) is 0 Å². The van der Waals surface area contributed by atoms with Gasteiger partial charge in [-0.15, -0.1) is 9.15 Å². The number of amidine groups is 4. The van der Waals surface area contributed by atoms with Crippen molar-refractivity contribution in [2.24, 2.45) is 20.0 Å². The Balaban J connectivity index is 1.03. The molecule has 20 rings (SSSR count). The van der Waals surface area contributed by atoms with E-state index in [9.17, 15) is 0 Å². The Morgan fingerprint density at radius 1 is 0.333 bits per heavy atom. The van der Waals surface area contributed by atoms with Crippen LogP contribution in [0.3, 0.4) is 0 Å². The van der Waals surface area contributed by atoms with Crippen LogP contribution >= 0.6 is 0 Å². The van der Waals surface area contributed by atoms with Crippen LogP contribution < -0.4 is 11.0 Å². The van der Waals surface area contributed by atoms with Gasteiger partial charge in [0, 0.05) is 32.4 Å². The molecule has 81 heavy (non-hydrogen) atoms. The smallest absolute Gasteiger partial charge is 0.192 e. The van der Waals surface area contributed by atoms with E-state index in [0.717, 1.165) is 89.8 Å². The normalized spacial score (nSPS) is 20.5. The summed E-state index contributed by atoms with van der Waals surface area (Å²) in [5.74, 6) is 4.31. The van der Waals surface area contributed by atoms with Crippen LogP contribution in [-0.2, 0) is 27.6 Å². The summed E-state index contributed by atoms with van der Waals surface area (Å²) in [6.07, 6.45) is 0. The second kappa shape index (κ2) is 12.8. The molecule has 6 aliphatic heterocycles. The van der Waals surface area contributed by atoms with Crippen molar-refractivity contribution in [3.8, 4) is 44.5 Å². The van der Waals surface area contributed by atoms with Gasteiger partial charge >= 0.3 is 5.91 Å². The zero-order valence-electron chi connectivity index (χ0n) is 47.6. The summed E-state index contributed by atoms with van der Waals surface area (Å²) in [7, 11) is 0. The molecular formula is C73H56N8+2. The molecule has 8 nitrogen and oxygen atoms in total. The molecule has 1 unspecified atom stereocenters. The third-order valence-electron chi connectivity index (χ3n) is 22.1. The molecule has 2 aromatic heterocycles. The van der Waals surface area contributed by atoms with Gasteiger partial charge in [0.25, 0.3) is 23.3 Å². The lowest BCUT2D eigenvalue weighted by atomic mass is 9.80. The minimum absolute atomic E-state index is 0.241. The number of nitrogens with zero attached hydrogens (tertiary/aromatic N) is 8. The van der Waals surface area contributed by atoms with Crippen molar-refractivity contribution >= 4 is 56.5 Å². The molecule has 1 spiro atoms. The molecule has 0 saturated heterocycles. The Morgan fingerprint density at radius 3 is 1.30 bits per heavy atom. The molecule has 8 heteroatoms. The predicted octanol–water partition coefficient (Wildman–Crippen LogP) is 14.2. The molecule has 8 heterocycles. The molecule has 0 bridgehead atoms. The maximum atomic E-state index is 6.18. The monoisotopic (exact) mass is 1040 g/mol. The highest BCUT2D eigenvalue weighted by molar-refractivity contribution is 6.23. The number of rotatable bonds is 0. The summed E-state index contributed by atoms with van der Waals surface area (Å²) in [4.78, 5) is 24.7. The number of aryl methyl sites for hydroxylation is 2. The number of hydrogen-bond acceptors (Lipinski definition) is 4. The lowest BCUT2D eigenvalue weighted by molar-refractivity contribution is -0.790. The van der Waals surface area contributed by atoms with Gasteiger partial charge in [0.2, 0.25) is 22.6 Å². The minimum atomic E-state index is -1.18. The van der Waals surface area contributed by atoms with Gasteiger partial charge in [-0.1, -0.05) is 172 Å². The molecule has 0 radical (unpaired) electrons. The molecule has 10 aliphatic rings. The zero-order valence-corrected chi connectivity index (χ0v) is 47.6. The topological polar surface area (TPSA) is 65.3 Å². The lowest BCUT2D eigenvalue weighted by Crippen LogP contribution is -2.71. The van der Waals surface area contributed by atoms with Crippen LogP contribution in [0.25, 0.3) is 66.1 Å². The molecule has 386 valence electrons. The van der Waals surface area contributed by atoms with Gasteiger partial charge in [-0.2, -0.15) is 9.13 Å². The molecule has 0 fully saturated rings. The van der Waals surface area contributed by atoms with Crippen molar-refractivity contribution in [2.75, 3.05) is 0 Å². The maximum absolute atomic E-state index is 6.18. The van der Waals surface area contributed by atoms with Gasteiger partial charge in [0.15, 0.2) is 0 Å². The molecule has 10 aromatic rings. The SMILES string of the molecule is Cc1c2c(cc3c1-c1ccccc1C3(C)C)C1=[N+]3C2=Nc2c4cc5c(c(C)c4c4n2C32n3c(c6cc7c(c(C)c6c3=N1)-c1ccccc1C7(C)C)=NC1=[N+]2C(=N4)c2cc3c(c(C)c21)-c1ccccc1C3(C)C)-c1ccccc1C5(C)C. The van der Waals surface area contributed by atoms with Crippen molar-refractivity contribution in [1.82, 2.24) is 9.13 Å². The number of aromatic nitrogens is 2. The number of benzene rings is 8. The Hall–Kier alpha value is -8.88. The third kappa shape index (κ3) is 4.24. The third-order valence-corrected chi connectivity index (χ3v) is 22.1. The van der Waals surface area contributed by atoms with E-state index in [-0.39, 0.29) is 21.7 Å². The fourth-order valence-electron chi connectivity index (χ4n) is 18.4. The van der Waals surface area contributed by atoms with E-state index in [1.807, 2.05) is 0 Å². The summed E-state index contributed by atoms with van der Waals surface area (Å²) in [5, 5.41) is 4.53. The Kier molecular flexibility index (Phi) is 6.96. The largest absolute Gasteiger partial charge is 0.404 e. The molecular weight excluding hydrogens is 989 g/mol. The first kappa shape index (κ1) is 43.9. The van der Waals surface area contributed by atoms with E-state index in [1.54, 1.807) is 0 Å². The van der Waals surface area contributed by atoms with Crippen molar-refractivity contribution < 1.29 is 9.15 Å². The number of aliphatic imine (C=N–C) groups is 2. The van der Waals surface area contributed by atoms with Crippen molar-refractivity contribution in [3.05, 3.63) is 221 Å². The van der Waals surface area contributed by atoms with E-state index in [4.69, 9.17) is 20.0 Å². The van der Waals surface area contributed by atoms with Crippen LogP contribution in [0.2, 0.25) is 0 Å². The fraction of sp³-hybridized carbons (Fsp3) is 0.233. The van der Waals surface area contributed by atoms with Crippen LogP contribution in [0.15, 0.2) is 141 Å². The second-order valence-electron chi connectivity index (χ2n) is 27.0. The second-order valence-corrected chi connectivity index (χ2v) is 27.0. The zero-order chi connectivity index (χ0) is 54.6. The molecule has 8 aromatic carbocycles. The molecule has 0 N–H and O–H groups in total. The summed E-state index contributed by atoms with van der Waals surface area (Å²) in [6.45, 7) is 28.6. The first-order valence-corrected chi connectivity index (χ1v) is 29.1. The Morgan fingerprint density at radius 2 is 0.753 bits per heavy atom. The summed E-state index contributed by atoms with van der Waals surface area (Å²) < 4.78 is 10.2. The molecule has 4 aliphatic carbocycles. The predicted molar refractivity (Wildman–Crippen MR) is 323 cm³/mol. The average molecular weight is 1050 g/mol. The average Bonchev–Trinajstić information content (AvgIpc) is 1.53. The van der Waals surface area contributed by atoms with Gasteiger partial charge in [-0.25, -0.2) is 0 Å². The van der Waals surface area contributed by atoms with Crippen LogP contribution in [0, 0.1) is 27.7 Å². The van der Waals surface area contributed by atoms with Crippen LogP contribution in [0.1, 0.15) is 144 Å². The van der Waals surface area contributed by atoms with Gasteiger partial charge < -0.3 is 0 Å². The highest BCUT2D eigenvalue weighted by atomic mass is 15.7. The molecule has 0 amide bonds. The highest BCUT2D eigenvalue weighted by Crippen LogP contribution is 2.62. The maximum Gasteiger partial charge on any atom is 0.404 e. The van der Waals surface area contributed by atoms with Crippen molar-refractivity contribution in [2.45, 2.75) is 111 Å². The van der Waals surface area contributed by atoms with Crippen molar-refractivity contribution in [3.63, 3.8) is 0 Å². The van der Waals surface area contributed by atoms with E-state index >= 15 is 0 Å². The minimum Gasteiger partial charge on any atom is -0.192 e. The number of fused-ring (bicyclic) bond motifs is 24. The van der Waals surface area contributed by atoms with Crippen LogP contribution in [-0.4, -0.2) is 41.6 Å². The van der Waals surface area contributed by atoms with E-state index in [1.165, 1.54) is 111 Å². The Labute approximate surface area is 468 Å². The summed E-state index contributed by atoms with van der Waals surface area (Å²) in [5.41, 5.74) is 31.6. The van der Waals surface area contributed by atoms with Crippen LogP contribution in [0.4, 0.5) is 11.6 Å². The van der Waals surface area contributed by atoms with Crippen molar-refractivity contribution in [1.29, 1.82) is 0 Å². The van der Waals surface area contributed by atoms with E-state index < -0.39 is 5.91 Å². The quantitative estimate of drug-likeness (QED) is 0.136. The first-order valence-electron chi connectivity index (χ1n) is 29.1. The van der Waals surface area contributed by atoms with Gasteiger partial charge in [0.05, 0.1) is 33.0 Å². The van der Waals surface area contributed by atoms with E-state index in [0.29, 0.717) is 0 Å². The first-order chi connectivity index (χ1) is 38.9. The molecule has 0 saturated carbocycles. The van der Waals surface area contributed by atoms with Crippen LogP contribution in [0.5, 0.6) is 0 Å². The fourth-order valence-corrected chi connectivity index (χ4v) is 18.4. The number of hydrogen-bond donors (Lipinski definition) is 0. The Bertz CT molecular complexity index is 5320. The summed E-state index contributed by atoms with van der Waals surface area (Å²) in [6, 6.07) is 46.3. The van der Waals surface area contributed by atoms with E-state index in [2.05, 4.69) is 223 Å². The lowest BCUT2D eigenvalue weighted by Gasteiger charge is -2.40. The summed E-state index contributed by atoms with van der Waals surface area (Å²) >= 11 is 0. The molecule has 1 atom stereocenters. The standard InChI is InChI=1S/C73H56N8/c1-33-53-37-21-13-17-25-45(37)69(5,6)49(53)29-41-57(33)65-74-62-42-30-50-54(38-22-14-18-26-46(38)70(50,7)8)34(2)58(42)67-76-64-44-32-52-56(40-24-16-20-28-48(40)72(52,11)12)36(4)60(44)68-77-63-43-31-51-55(39-23-15-19-27-47(39)71(51,9)10)35(3)59(43)66-75-61(41)78(65)73(79(62)67,80(63)66)81(64)68/h13-32H,1-12H3/q+2. The van der Waals surface area contributed by atoms with Gasteiger partial charge in [-0.3, -0.25) is 0 Å². The van der Waals surface area contributed by atoms with Gasteiger partial charge in [-0.05, 0) is 163 Å². The highest BCUT2D eigenvalue weighted by Gasteiger charge is 2.71.